The molecule has 2 aromatic heterocycles. The van der Waals surface area contributed by atoms with Gasteiger partial charge in [0.25, 0.3) is 5.91 Å². The number of nitrogens with zero attached hydrogens (tertiary/aromatic N) is 2. The lowest BCUT2D eigenvalue weighted by Crippen LogP contribution is -2.33. The number of anilines is 1. The van der Waals surface area contributed by atoms with E-state index in [0.29, 0.717) is 0 Å². The van der Waals surface area contributed by atoms with Crippen LogP contribution in [0.5, 0.6) is 0 Å². The second-order valence-electron chi connectivity index (χ2n) is 9.14. The summed E-state index contributed by atoms with van der Waals surface area (Å²) in [6.45, 7) is 12.4. The van der Waals surface area contributed by atoms with Crippen LogP contribution in [0.25, 0.3) is 0 Å². The van der Waals surface area contributed by atoms with E-state index in [2.05, 4.69) is 10.9 Å². The van der Waals surface area contributed by atoms with E-state index in [-0.39, 0.29) is 51.8 Å². The van der Waals surface area contributed by atoms with Crippen LogP contribution in [-0.2, 0) is 14.2 Å². The molecule has 0 fully saturated rings. The fraction of sp³-hybridized carbons (Fsp3) is 0.458. The zero-order valence-corrected chi connectivity index (χ0v) is 22.4. The maximum Gasteiger partial charge on any atom is 0.427 e. The van der Waals surface area contributed by atoms with Crippen LogP contribution >= 0.6 is 0 Å². The summed E-state index contributed by atoms with van der Waals surface area (Å²) >= 11 is 0. The number of ketones is 1. The molecule has 2 heterocycles. The zero-order chi connectivity index (χ0) is 28.4. The summed E-state index contributed by atoms with van der Waals surface area (Å²) in [4.78, 5) is 63.3. The molecule has 0 aliphatic carbocycles. The predicted molar refractivity (Wildman–Crippen MR) is 134 cm³/mol. The Balaban J connectivity index is 2.65. The lowest BCUT2D eigenvalue weighted by Gasteiger charge is -2.20. The van der Waals surface area contributed by atoms with E-state index in [1.54, 1.807) is 27.7 Å². The normalized spacial score (nSPS) is 11.1. The lowest BCUT2D eigenvalue weighted by molar-refractivity contribution is 0.0519. The molecule has 0 aliphatic heterocycles. The molecule has 13 heteroatoms. The highest BCUT2D eigenvalue weighted by Crippen LogP contribution is 2.27. The molecule has 0 aromatic carbocycles. The molecule has 202 valence electrons. The van der Waals surface area contributed by atoms with Crippen molar-refractivity contribution in [1.82, 2.24) is 9.35 Å². The monoisotopic (exact) mass is 519 g/mol. The molecule has 0 spiro atoms. The summed E-state index contributed by atoms with van der Waals surface area (Å²) < 4.78 is 17.4. The molecule has 0 saturated heterocycles. The predicted octanol–water partition coefficient (Wildman–Crippen LogP) is 2.83. The number of methoxy groups -OCH3 is 1. The van der Waals surface area contributed by atoms with E-state index < -0.39 is 35.3 Å². The highest BCUT2D eigenvalue weighted by Gasteiger charge is 2.33. The van der Waals surface area contributed by atoms with Gasteiger partial charge in [-0.2, -0.15) is 0 Å². The number of hydrogen-bond donors (Lipinski definition) is 3. The first-order chi connectivity index (χ1) is 17.1. The minimum atomic E-state index is -0.870. The number of amides is 2. The number of nitrogens with one attached hydrogen (secondary N) is 2. The quantitative estimate of drug-likeness (QED) is 0.282. The fourth-order valence-corrected chi connectivity index (χ4v) is 3.88. The van der Waals surface area contributed by atoms with Gasteiger partial charge in [-0.25, -0.2) is 24.5 Å². The smallest absolute Gasteiger partial charge is 0.427 e. The average molecular weight is 520 g/mol. The number of hydrogen-bond acceptors (Lipinski definition) is 9. The fourth-order valence-electron chi connectivity index (χ4n) is 3.88. The Hall–Kier alpha value is -4.29. The molecule has 4 N–H and O–H groups in total. The summed E-state index contributed by atoms with van der Waals surface area (Å²) in [5, 5.41) is 0. The van der Waals surface area contributed by atoms with Crippen LogP contribution in [0.15, 0.2) is 0 Å². The van der Waals surface area contributed by atoms with Crippen LogP contribution in [0.2, 0.25) is 0 Å². The maximum atomic E-state index is 13.5. The van der Waals surface area contributed by atoms with Gasteiger partial charge in [-0.3, -0.25) is 19.7 Å². The molecule has 0 unspecified atom stereocenters. The van der Waals surface area contributed by atoms with Crippen molar-refractivity contribution in [3.8, 4) is 0 Å². The Morgan fingerprint density at radius 3 is 1.84 bits per heavy atom. The van der Waals surface area contributed by atoms with Gasteiger partial charge in [-0.05, 0) is 55.4 Å². The molecule has 0 radical (unpaired) electrons. The van der Waals surface area contributed by atoms with Crippen molar-refractivity contribution >= 4 is 35.5 Å². The van der Waals surface area contributed by atoms with Crippen LogP contribution < -0.4 is 16.6 Å². The van der Waals surface area contributed by atoms with Gasteiger partial charge in [0.2, 0.25) is 0 Å². The van der Waals surface area contributed by atoms with Gasteiger partial charge in [0, 0.05) is 5.69 Å². The van der Waals surface area contributed by atoms with Crippen molar-refractivity contribution in [3.63, 3.8) is 0 Å². The van der Waals surface area contributed by atoms with E-state index in [1.165, 1.54) is 39.5 Å². The van der Waals surface area contributed by atoms with Gasteiger partial charge >= 0.3 is 18.0 Å². The molecule has 0 bridgehead atoms. The molecule has 0 atom stereocenters. The molecule has 0 aliphatic rings. The second kappa shape index (κ2) is 10.8. The van der Waals surface area contributed by atoms with E-state index in [4.69, 9.17) is 19.9 Å². The van der Waals surface area contributed by atoms with Gasteiger partial charge in [0.05, 0.1) is 47.4 Å². The highest BCUT2D eigenvalue weighted by atomic mass is 16.6. The number of nitrogens with two attached hydrogens (primary N) is 1. The third-order valence-corrected chi connectivity index (χ3v) is 5.35. The Kier molecular flexibility index (Phi) is 8.42. The van der Waals surface area contributed by atoms with Crippen LogP contribution in [0.1, 0.15) is 93.1 Å². The van der Waals surface area contributed by atoms with Crippen LogP contribution in [0.3, 0.4) is 0 Å². The van der Waals surface area contributed by atoms with Crippen LogP contribution in [-0.4, -0.2) is 58.4 Å². The SMILES string of the molecule is CCOC(=O)c1c(C(=O)Nn2c(C)c(C(C)=O)c(C(=O)OC)c2C)c(N)n(NC(=O)OC(C)(C)C)c1C. The van der Waals surface area contributed by atoms with Gasteiger partial charge < -0.3 is 19.9 Å². The number of ether oxygens (including phenoxy) is 3. The lowest BCUT2D eigenvalue weighted by atomic mass is 10.1. The van der Waals surface area contributed by atoms with E-state index in [9.17, 15) is 24.0 Å². The molecule has 2 amide bonds. The van der Waals surface area contributed by atoms with Crippen LogP contribution in [0, 0.1) is 20.8 Å². The summed E-state index contributed by atoms with van der Waals surface area (Å²) in [6.07, 6.45) is -0.870. The largest absolute Gasteiger partial charge is 0.465 e. The standard InChI is InChI=1S/C24H33N5O8/c1-10-36-22(33)17-13(4)29(27-23(34)37-24(6,7)8)19(25)18(17)20(31)26-28-11(2)15(14(5)30)16(12(28)3)21(32)35-9/h10,25H2,1-9H3,(H,26,31)(H,27,34). The van der Waals surface area contributed by atoms with E-state index in [1.807, 2.05) is 0 Å². The molecule has 0 saturated carbocycles. The third kappa shape index (κ3) is 5.76. The van der Waals surface area contributed by atoms with Crippen molar-refractivity contribution in [2.24, 2.45) is 0 Å². The Morgan fingerprint density at radius 1 is 0.838 bits per heavy atom. The second-order valence-corrected chi connectivity index (χ2v) is 9.14. The first-order valence-electron chi connectivity index (χ1n) is 11.4. The average Bonchev–Trinajstić information content (AvgIpc) is 3.17. The van der Waals surface area contributed by atoms with Gasteiger partial charge in [-0.1, -0.05) is 0 Å². The van der Waals surface area contributed by atoms with Crippen molar-refractivity contribution < 1.29 is 38.2 Å². The van der Waals surface area contributed by atoms with Crippen molar-refractivity contribution in [2.75, 3.05) is 30.3 Å². The number of carbonyl (C=O) groups excluding carboxylic acids is 5. The van der Waals surface area contributed by atoms with Crippen molar-refractivity contribution in [3.05, 3.63) is 39.3 Å². The number of nitrogen functional groups attached to an aromatic ring is 1. The third-order valence-electron chi connectivity index (χ3n) is 5.35. The van der Waals surface area contributed by atoms with Crippen molar-refractivity contribution in [2.45, 2.75) is 61.0 Å². The number of rotatable bonds is 7. The minimum Gasteiger partial charge on any atom is -0.465 e. The number of carbonyl (C=O) groups is 5. The first-order valence-corrected chi connectivity index (χ1v) is 11.4. The molecular formula is C24H33N5O8. The highest BCUT2D eigenvalue weighted by molar-refractivity contribution is 6.13. The molecular weight excluding hydrogens is 486 g/mol. The molecule has 2 rings (SSSR count). The van der Waals surface area contributed by atoms with Gasteiger partial charge in [0.15, 0.2) is 5.78 Å². The number of Topliss-reactive ketones (excluding diaryl/α,β-unsaturated/α-hetero) is 1. The topological polar surface area (TPSA) is 173 Å². The molecule has 2 aromatic rings. The van der Waals surface area contributed by atoms with E-state index >= 15 is 0 Å². The number of esters is 2. The first kappa shape index (κ1) is 28.9. The summed E-state index contributed by atoms with van der Waals surface area (Å²) in [7, 11) is 1.17. The molecule has 13 nitrogen and oxygen atoms in total. The molecule has 37 heavy (non-hydrogen) atoms. The zero-order valence-electron chi connectivity index (χ0n) is 22.4. The van der Waals surface area contributed by atoms with Gasteiger partial charge in [0.1, 0.15) is 11.4 Å². The maximum absolute atomic E-state index is 13.5. The Morgan fingerprint density at radius 2 is 1.35 bits per heavy atom. The van der Waals surface area contributed by atoms with E-state index in [0.717, 1.165) is 4.68 Å². The summed E-state index contributed by atoms with van der Waals surface area (Å²) in [6, 6.07) is 0. The summed E-state index contributed by atoms with van der Waals surface area (Å²) in [5.41, 5.74) is 10.6. The van der Waals surface area contributed by atoms with Gasteiger partial charge in [-0.15, -0.1) is 0 Å². The number of aromatic nitrogens is 2. The Bertz CT molecular complexity index is 1280. The minimum absolute atomic E-state index is 0.00766. The van der Waals surface area contributed by atoms with Crippen molar-refractivity contribution in [1.29, 1.82) is 0 Å². The Labute approximate surface area is 214 Å². The summed E-state index contributed by atoms with van der Waals surface area (Å²) in [5.74, 6) is -3.15. The van der Waals surface area contributed by atoms with Crippen LogP contribution in [0.4, 0.5) is 10.6 Å².